The molecular weight excluding hydrogens is 208 g/mol. The molecule has 0 aliphatic carbocycles. The zero-order valence-corrected chi connectivity index (χ0v) is 9.50. The standard InChI is InChI=1S/C10H14N4S/c1-8-3-4-10(15-8)9-7-14(13-12-9)6-2-5-11/h3-4,7H,2,5-6,11H2,1H3. The van der Waals surface area contributed by atoms with Crippen LogP contribution in [0.2, 0.25) is 0 Å². The molecule has 5 heteroatoms. The fraction of sp³-hybridized carbons (Fsp3) is 0.400. The van der Waals surface area contributed by atoms with Gasteiger partial charge in [0.25, 0.3) is 0 Å². The van der Waals surface area contributed by atoms with Crippen molar-refractivity contribution in [3.05, 3.63) is 23.2 Å². The molecule has 2 N–H and O–H groups in total. The second-order valence-corrected chi connectivity index (χ2v) is 4.71. The maximum absolute atomic E-state index is 5.44. The first-order valence-corrected chi connectivity index (χ1v) is 5.78. The van der Waals surface area contributed by atoms with Gasteiger partial charge in [-0.05, 0) is 32.0 Å². The van der Waals surface area contributed by atoms with Crippen molar-refractivity contribution in [2.75, 3.05) is 6.54 Å². The van der Waals surface area contributed by atoms with Crippen LogP contribution < -0.4 is 5.73 Å². The highest BCUT2D eigenvalue weighted by atomic mass is 32.1. The van der Waals surface area contributed by atoms with Crippen molar-refractivity contribution in [2.45, 2.75) is 19.9 Å². The van der Waals surface area contributed by atoms with Crippen LogP contribution in [0.15, 0.2) is 18.3 Å². The molecular formula is C10H14N4S. The Labute approximate surface area is 92.7 Å². The molecule has 2 rings (SSSR count). The Morgan fingerprint density at radius 3 is 3.00 bits per heavy atom. The Bertz CT molecular complexity index is 432. The van der Waals surface area contributed by atoms with E-state index in [9.17, 15) is 0 Å². The molecule has 2 aromatic heterocycles. The normalized spacial score (nSPS) is 10.8. The quantitative estimate of drug-likeness (QED) is 0.856. The average Bonchev–Trinajstić information content (AvgIpc) is 2.83. The second-order valence-electron chi connectivity index (χ2n) is 3.42. The van der Waals surface area contributed by atoms with E-state index in [0.717, 1.165) is 18.7 Å². The molecule has 0 saturated carbocycles. The van der Waals surface area contributed by atoms with E-state index in [4.69, 9.17) is 5.73 Å². The average molecular weight is 222 g/mol. The van der Waals surface area contributed by atoms with Gasteiger partial charge in [-0.1, -0.05) is 5.21 Å². The van der Waals surface area contributed by atoms with Crippen LogP contribution in [0.5, 0.6) is 0 Å². The van der Waals surface area contributed by atoms with Gasteiger partial charge in [0.1, 0.15) is 5.69 Å². The van der Waals surface area contributed by atoms with Gasteiger partial charge in [0, 0.05) is 11.4 Å². The van der Waals surface area contributed by atoms with E-state index < -0.39 is 0 Å². The van der Waals surface area contributed by atoms with Crippen molar-refractivity contribution >= 4 is 11.3 Å². The molecule has 15 heavy (non-hydrogen) atoms. The topological polar surface area (TPSA) is 56.7 Å². The summed E-state index contributed by atoms with van der Waals surface area (Å²) in [6.45, 7) is 3.62. The van der Waals surface area contributed by atoms with Crippen LogP contribution in [0.4, 0.5) is 0 Å². The molecule has 0 unspecified atom stereocenters. The molecule has 4 nitrogen and oxygen atoms in total. The first kappa shape index (κ1) is 10.3. The number of hydrogen-bond acceptors (Lipinski definition) is 4. The summed E-state index contributed by atoms with van der Waals surface area (Å²) in [4.78, 5) is 2.47. The molecule has 0 aromatic carbocycles. The molecule has 0 bridgehead atoms. The minimum atomic E-state index is 0.688. The fourth-order valence-electron chi connectivity index (χ4n) is 1.35. The Morgan fingerprint density at radius 1 is 1.47 bits per heavy atom. The Balaban J connectivity index is 2.13. The van der Waals surface area contributed by atoms with Crippen molar-refractivity contribution in [1.82, 2.24) is 15.0 Å². The third kappa shape index (κ3) is 2.43. The number of aryl methyl sites for hydroxylation is 2. The fourth-order valence-corrected chi connectivity index (χ4v) is 2.16. The molecule has 0 saturated heterocycles. The smallest absolute Gasteiger partial charge is 0.122 e. The number of nitrogens with two attached hydrogens (primary N) is 1. The Kier molecular flexibility index (Phi) is 3.13. The van der Waals surface area contributed by atoms with E-state index in [2.05, 4.69) is 29.4 Å². The highest BCUT2D eigenvalue weighted by Crippen LogP contribution is 2.25. The van der Waals surface area contributed by atoms with Crippen molar-refractivity contribution in [1.29, 1.82) is 0 Å². The van der Waals surface area contributed by atoms with Gasteiger partial charge >= 0.3 is 0 Å². The highest BCUT2D eigenvalue weighted by Gasteiger charge is 2.05. The maximum atomic E-state index is 5.44. The number of thiophene rings is 1. The molecule has 0 aliphatic heterocycles. The number of hydrogen-bond donors (Lipinski definition) is 1. The number of rotatable bonds is 4. The van der Waals surface area contributed by atoms with Gasteiger partial charge in [-0.25, -0.2) is 0 Å². The van der Waals surface area contributed by atoms with E-state index in [-0.39, 0.29) is 0 Å². The summed E-state index contributed by atoms with van der Waals surface area (Å²) < 4.78 is 1.84. The summed E-state index contributed by atoms with van der Waals surface area (Å²) in [6, 6.07) is 4.18. The van der Waals surface area contributed by atoms with E-state index >= 15 is 0 Å². The molecule has 0 spiro atoms. The summed E-state index contributed by atoms with van der Waals surface area (Å²) in [6.07, 6.45) is 2.91. The van der Waals surface area contributed by atoms with E-state index in [1.807, 2.05) is 10.9 Å². The minimum absolute atomic E-state index is 0.688. The van der Waals surface area contributed by atoms with Crippen molar-refractivity contribution in [3.8, 4) is 10.6 Å². The van der Waals surface area contributed by atoms with E-state index in [0.29, 0.717) is 6.54 Å². The van der Waals surface area contributed by atoms with Gasteiger partial charge in [0.05, 0.1) is 11.1 Å². The molecule has 80 valence electrons. The molecule has 2 heterocycles. The van der Waals surface area contributed by atoms with Crippen molar-refractivity contribution in [2.24, 2.45) is 5.73 Å². The molecule has 0 atom stereocenters. The lowest BCUT2D eigenvalue weighted by atomic mass is 10.3. The number of nitrogens with zero attached hydrogens (tertiary/aromatic N) is 3. The van der Waals surface area contributed by atoms with Crippen LogP contribution in [-0.4, -0.2) is 21.5 Å². The summed E-state index contributed by atoms with van der Waals surface area (Å²) in [5.41, 5.74) is 6.39. The van der Waals surface area contributed by atoms with Crippen LogP contribution in [0.3, 0.4) is 0 Å². The SMILES string of the molecule is Cc1ccc(-c2cn(CCCN)nn2)s1. The molecule has 0 amide bonds. The first-order valence-electron chi connectivity index (χ1n) is 4.96. The van der Waals surface area contributed by atoms with E-state index in [1.165, 1.54) is 9.75 Å². The summed E-state index contributed by atoms with van der Waals surface area (Å²) >= 11 is 1.74. The monoisotopic (exact) mass is 222 g/mol. The zero-order chi connectivity index (χ0) is 10.7. The van der Waals surface area contributed by atoms with Crippen LogP contribution in [-0.2, 0) is 6.54 Å². The molecule has 0 fully saturated rings. The minimum Gasteiger partial charge on any atom is -0.330 e. The van der Waals surface area contributed by atoms with E-state index in [1.54, 1.807) is 11.3 Å². The maximum Gasteiger partial charge on any atom is 0.122 e. The summed E-state index contributed by atoms with van der Waals surface area (Å²) in [5.74, 6) is 0. The summed E-state index contributed by atoms with van der Waals surface area (Å²) in [7, 11) is 0. The Hall–Kier alpha value is -1.20. The second kappa shape index (κ2) is 4.55. The predicted molar refractivity (Wildman–Crippen MR) is 61.7 cm³/mol. The third-order valence-electron chi connectivity index (χ3n) is 2.12. The molecule has 2 aromatic rings. The van der Waals surface area contributed by atoms with Gasteiger partial charge in [0.15, 0.2) is 0 Å². The van der Waals surface area contributed by atoms with Crippen LogP contribution >= 0.6 is 11.3 Å². The summed E-state index contributed by atoms with van der Waals surface area (Å²) in [5, 5.41) is 8.19. The lowest BCUT2D eigenvalue weighted by Gasteiger charge is -1.95. The lowest BCUT2D eigenvalue weighted by molar-refractivity contribution is 0.564. The highest BCUT2D eigenvalue weighted by molar-refractivity contribution is 7.15. The van der Waals surface area contributed by atoms with Crippen LogP contribution in [0.1, 0.15) is 11.3 Å². The van der Waals surface area contributed by atoms with Crippen molar-refractivity contribution in [3.63, 3.8) is 0 Å². The van der Waals surface area contributed by atoms with Gasteiger partial charge in [-0.3, -0.25) is 4.68 Å². The predicted octanol–water partition coefficient (Wildman–Crippen LogP) is 1.66. The van der Waals surface area contributed by atoms with Gasteiger partial charge in [0.2, 0.25) is 0 Å². The van der Waals surface area contributed by atoms with Gasteiger partial charge in [-0.2, -0.15) is 0 Å². The van der Waals surface area contributed by atoms with Crippen molar-refractivity contribution < 1.29 is 0 Å². The van der Waals surface area contributed by atoms with Crippen LogP contribution in [0, 0.1) is 6.92 Å². The number of aromatic nitrogens is 3. The first-order chi connectivity index (χ1) is 7.29. The Morgan fingerprint density at radius 2 is 2.33 bits per heavy atom. The molecule has 0 radical (unpaired) electrons. The third-order valence-corrected chi connectivity index (χ3v) is 3.15. The van der Waals surface area contributed by atoms with Gasteiger partial charge in [-0.15, -0.1) is 16.4 Å². The lowest BCUT2D eigenvalue weighted by Crippen LogP contribution is -2.06. The molecule has 0 aliphatic rings. The largest absolute Gasteiger partial charge is 0.330 e. The van der Waals surface area contributed by atoms with Gasteiger partial charge < -0.3 is 5.73 Å². The van der Waals surface area contributed by atoms with Crippen LogP contribution in [0.25, 0.3) is 10.6 Å². The zero-order valence-electron chi connectivity index (χ0n) is 8.68.